The predicted molar refractivity (Wildman–Crippen MR) is 61.1 cm³/mol. The summed E-state index contributed by atoms with van der Waals surface area (Å²) >= 11 is 3.58. The lowest BCUT2D eigenvalue weighted by Crippen LogP contribution is -2.70. The Kier molecular flexibility index (Phi) is 3.31. The summed E-state index contributed by atoms with van der Waals surface area (Å²) in [4.78, 5) is 0. The molecule has 0 saturated carbocycles. The van der Waals surface area contributed by atoms with E-state index in [2.05, 4.69) is 63.9 Å². The molecule has 1 aliphatic rings. The molecular weight excluding hydrogens is 214 g/mol. The van der Waals surface area contributed by atoms with Crippen LogP contribution in [0.1, 0.15) is 0 Å². The third-order valence-corrected chi connectivity index (χ3v) is 4.26. The van der Waals surface area contributed by atoms with Crippen molar-refractivity contribution in [3.8, 4) is 0 Å². The van der Waals surface area contributed by atoms with Crippen molar-refractivity contribution in [1.82, 2.24) is 13.2 Å². The number of halogens is 1. The first-order chi connectivity index (χ1) is 5.46. The zero-order valence-electron chi connectivity index (χ0n) is 8.45. The van der Waals surface area contributed by atoms with Gasteiger partial charge in [0.15, 0.2) is 0 Å². The minimum atomic E-state index is 0.450. The molecule has 66 valence electrons. The van der Waals surface area contributed by atoms with Crippen molar-refractivity contribution in [2.75, 3.05) is 14.1 Å². The van der Waals surface area contributed by atoms with E-state index in [1.807, 2.05) is 0 Å². The summed E-state index contributed by atoms with van der Waals surface area (Å²) in [6, 6.07) is 0. The lowest BCUT2D eigenvalue weighted by molar-refractivity contribution is 0.602. The number of hydrogen-bond donors (Lipinski definition) is 0. The van der Waals surface area contributed by atoms with E-state index in [1.54, 1.807) is 0 Å². The van der Waals surface area contributed by atoms with Gasteiger partial charge in [-0.2, -0.15) is 0 Å². The molecule has 0 bridgehead atoms. The molecule has 1 fully saturated rings. The zero-order valence-corrected chi connectivity index (χ0v) is 10.0. The Bertz CT molecular complexity index is 113. The minimum Gasteiger partial charge on any atom is -0.360 e. The van der Waals surface area contributed by atoms with Gasteiger partial charge in [-0.3, -0.25) is 3.75 Å². The maximum Gasteiger partial charge on any atom is 0.296 e. The van der Waals surface area contributed by atoms with E-state index in [4.69, 9.17) is 0 Å². The summed E-state index contributed by atoms with van der Waals surface area (Å²) in [5.74, 6) is 0. The molecule has 0 aromatic rings. The molecule has 0 aromatic carbocycles. The average Bonchev–Trinajstić information content (AvgIpc) is 2.08. The number of rotatable bonds is 0. The molecule has 0 aliphatic carbocycles. The average molecular weight is 230 g/mol. The molecule has 0 radical (unpaired) electrons. The molecule has 7 heteroatoms. The van der Waals surface area contributed by atoms with Gasteiger partial charge >= 0.3 is 0 Å². The van der Waals surface area contributed by atoms with E-state index < -0.39 is 0 Å². The summed E-state index contributed by atoms with van der Waals surface area (Å²) in [5.41, 5.74) is 0. The van der Waals surface area contributed by atoms with Gasteiger partial charge in [-0.15, -0.1) is 0 Å². The fourth-order valence-electron chi connectivity index (χ4n) is 1.57. The van der Waals surface area contributed by atoms with E-state index in [0.29, 0.717) is 20.9 Å². The predicted octanol–water partition coefficient (Wildman–Crippen LogP) is 0.830. The van der Waals surface area contributed by atoms with Crippen LogP contribution in [0.4, 0.5) is 0 Å². The molecule has 0 N–H and O–H groups in total. The number of hydrogen-bond acceptors (Lipinski definition) is 3. The van der Waals surface area contributed by atoms with Crippen LogP contribution in [0, 0.1) is 0 Å². The first-order valence-corrected chi connectivity index (χ1v) is 5.05. The topological polar surface area (TPSA) is 9.72 Å². The molecule has 3 nitrogen and oxygen atoms in total. The molecule has 0 unspecified atom stereocenters. The Morgan fingerprint density at radius 3 is 1.50 bits per heavy atom. The van der Waals surface area contributed by atoms with Crippen LogP contribution < -0.4 is 0 Å². The molecule has 0 aromatic heterocycles. The monoisotopic (exact) mass is 229 g/mol. The van der Waals surface area contributed by atoms with Crippen LogP contribution in [0.3, 0.4) is 0 Å². The van der Waals surface area contributed by atoms with E-state index in [9.17, 15) is 0 Å². The van der Waals surface area contributed by atoms with E-state index in [0.717, 1.165) is 0 Å². The van der Waals surface area contributed by atoms with Crippen molar-refractivity contribution in [2.24, 2.45) is 0 Å². The molecule has 0 spiro atoms. The van der Waals surface area contributed by atoms with Crippen molar-refractivity contribution in [2.45, 2.75) is 20.5 Å². The van der Waals surface area contributed by atoms with Crippen LogP contribution in [0.25, 0.3) is 0 Å². The van der Waals surface area contributed by atoms with Crippen LogP contribution in [0.2, 0.25) is 20.5 Å². The first-order valence-electron chi connectivity index (χ1n) is 4.34. The lowest BCUT2D eigenvalue weighted by atomic mass is 9.48. The van der Waals surface area contributed by atoms with Gasteiger partial charge in [0.2, 0.25) is 0 Å². The normalized spacial score (nSPS) is 24.0. The summed E-state index contributed by atoms with van der Waals surface area (Å²) in [6.45, 7) is 8.04. The smallest absolute Gasteiger partial charge is 0.296 e. The summed E-state index contributed by atoms with van der Waals surface area (Å²) < 4.78 is 6.84. The highest BCUT2D eigenvalue weighted by Gasteiger charge is 2.42. The van der Waals surface area contributed by atoms with Gasteiger partial charge in [-0.25, -0.2) is 0 Å². The highest BCUT2D eigenvalue weighted by Crippen LogP contribution is 2.19. The maximum atomic E-state index is 3.58. The molecular formula is C5H15B3BrN3. The van der Waals surface area contributed by atoms with E-state index >= 15 is 0 Å². The highest BCUT2D eigenvalue weighted by atomic mass is 79.9. The second kappa shape index (κ2) is 3.74. The van der Waals surface area contributed by atoms with Crippen LogP contribution in [-0.4, -0.2) is 48.2 Å². The Hall–Kier alpha value is 0.555. The van der Waals surface area contributed by atoms with Crippen LogP contribution in [0.15, 0.2) is 0 Å². The Morgan fingerprint density at radius 2 is 1.17 bits per heavy atom. The van der Waals surface area contributed by atoms with E-state index in [-0.39, 0.29) is 0 Å². The molecule has 1 heterocycles. The Morgan fingerprint density at radius 1 is 0.833 bits per heavy atom. The van der Waals surface area contributed by atoms with Gasteiger partial charge < -0.3 is 9.44 Å². The Labute approximate surface area is 85.2 Å². The fraction of sp³-hybridized carbons (Fsp3) is 1.00. The van der Waals surface area contributed by atoms with Crippen molar-refractivity contribution < 1.29 is 0 Å². The maximum absolute atomic E-state index is 3.58. The van der Waals surface area contributed by atoms with Gasteiger partial charge in [0.25, 0.3) is 20.9 Å². The molecule has 1 aliphatic heterocycles. The van der Waals surface area contributed by atoms with Crippen molar-refractivity contribution in [3.05, 3.63) is 0 Å². The fourth-order valence-corrected chi connectivity index (χ4v) is 2.15. The summed E-state index contributed by atoms with van der Waals surface area (Å²) in [6.07, 6.45) is 0. The van der Waals surface area contributed by atoms with E-state index in [1.165, 1.54) is 0 Å². The van der Waals surface area contributed by atoms with Crippen molar-refractivity contribution in [1.29, 1.82) is 0 Å². The Balaban J connectivity index is 2.76. The molecule has 1 rings (SSSR count). The first kappa shape index (κ1) is 10.6. The van der Waals surface area contributed by atoms with Gasteiger partial charge in [0.1, 0.15) is 0 Å². The number of nitrogens with zero attached hydrogens (tertiary/aromatic N) is 3. The van der Waals surface area contributed by atoms with Gasteiger partial charge in [0.05, 0.1) is 0 Å². The molecule has 0 amide bonds. The van der Waals surface area contributed by atoms with Crippen molar-refractivity contribution >= 4 is 37.1 Å². The largest absolute Gasteiger partial charge is 0.360 e. The summed E-state index contributed by atoms with van der Waals surface area (Å²) in [7, 11) is 4.29. The van der Waals surface area contributed by atoms with Crippen molar-refractivity contribution in [3.63, 3.8) is 0 Å². The highest BCUT2D eigenvalue weighted by molar-refractivity contribution is 9.08. The van der Waals surface area contributed by atoms with Gasteiger partial charge in [-0.1, -0.05) is 20.5 Å². The van der Waals surface area contributed by atoms with Gasteiger partial charge in [-0.05, 0) is 30.2 Å². The van der Waals surface area contributed by atoms with Gasteiger partial charge in [0, 0.05) is 0 Å². The van der Waals surface area contributed by atoms with Crippen LogP contribution in [0.5, 0.6) is 0 Å². The lowest BCUT2D eigenvalue weighted by Gasteiger charge is -2.46. The SMILES string of the molecule is CB1N(C)B(C)N(Br)B(C)N1C. The second-order valence-corrected chi connectivity index (χ2v) is 4.39. The molecule has 1 saturated heterocycles. The van der Waals surface area contributed by atoms with Crippen LogP contribution >= 0.6 is 16.1 Å². The zero-order chi connectivity index (χ0) is 9.46. The third-order valence-electron chi connectivity index (χ3n) is 3.07. The minimum absolute atomic E-state index is 0.450. The molecule has 0 atom stereocenters. The van der Waals surface area contributed by atoms with Crippen LogP contribution in [-0.2, 0) is 0 Å². The standard InChI is InChI=1S/C5H15B3BrN3/c1-6-10(4)7(2)12(9)8(3)11(6)5/h1-5H3. The quantitative estimate of drug-likeness (QED) is 0.450. The molecule has 12 heavy (non-hydrogen) atoms. The third kappa shape index (κ3) is 1.60. The second-order valence-electron chi connectivity index (χ2n) is 3.57. The summed E-state index contributed by atoms with van der Waals surface area (Å²) in [5, 5.41) is 0.